The number of pyridine rings is 1. The van der Waals surface area contributed by atoms with Crippen LogP contribution in [0.1, 0.15) is 54.7 Å². The Morgan fingerprint density at radius 2 is 1.92 bits per heavy atom. The van der Waals surface area contributed by atoms with Crippen molar-refractivity contribution in [1.29, 1.82) is 0 Å². The molecule has 2 aromatic carbocycles. The number of H-pyrrole nitrogens is 1. The number of tetrazole rings is 1. The maximum absolute atomic E-state index is 13.7. The number of hydrogen-bond donors (Lipinski definition) is 1. The molecule has 0 bridgehead atoms. The van der Waals surface area contributed by atoms with E-state index in [4.69, 9.17) is 4.74 Å². The van der Waals surface area contributed by atoms with Crippen LogP contribution in [-0.4, -0.2) is 43.2 Å². The number of hydrogen-bond acceptors (Lipinski definition) is 7. The fourth-order valence-corrected chi connectivity index (χ4v) is 5.46. The molecule has 3 heterocycles. The molecule has 0 fully saturated rings. The van der Waals surface area contributed by atoms with Gasteiger partial charge in [0.25, 0.3) is 5.56 Å². The minimum absolute atomic E-state index is 0.0318. The predicted molar refractivity (Wildman–Crippen MR) is 151 cm³/mol. The highest BCUT2D eigenvalue weighted by Crippen LogP contribution is 2.31. The van der Waals surface area contributed by atoms with Crippen molar-refractivity contribution in [3.63, 3.8) is 0 Å². The number of rotatable bonds is 11. The number of ether oxygens (including phenoxy) is 1. The van der Waals surface area contributed by atoms with Gasteiger partial charge in [-0.05, 0) is 78.9 Å². The highest BCUT2D eigenvalue weighted by Gasteiger charge is 2.31. The molecule has 0 unspecified atom stereocenters. The van der Waals surface area contributed by atoms with Gasteiger partial charge in [0.1, 0.15) is 11.8 Å². The van der Waals surface area contributed by atoms with Crippen molar-refractivity contribution in [2.24, 2.45) is 0 Å². The van der Waals surface area contributed by atoms with Gasteiger partial charge in [-0.3, -0.25) is 9.69 Å². The molecule has 0 spiro atoms. The summed E-state index contributed by atoms with van der Waals surface area (Å²) in [7, 11) is 0. The van der Waals surface area contributed by atoms with Gasteiger partial charge in [0.2, 0.25) is 0 Å². The van der Waals surface area contributed by atoms with E-state index >= 15 is 0 Å². The number of fused-ring (bicyclic) bond motifs is 1. The molecule has 196 valence electrons. The molecule has 1 atom stereocenters. The van der Waals surface area contributed by atoms with Crippen molar-refractivity contribution < 1.29 is 4.74 Å². The van der Waals surface area contributed by atoms with Gasteiger partial charge in [-0.1, -0.05) is 36.4 Å². The number of benzene rings is 2. The van der Waals surface area contributed by atoms with Gasteiger partial charge in [-0.2, -0.15) is 0 Å². The van der Waals surface area contributed by atoms with Crippen molar-refractivity contribution in [2.45, 2.75) is 45.8 Å². The molecule has 0 saturated heterocycles. The number of nitrogens with one attached hydrogen (secondary N) is 1. The summed E-state index contributed by atoms with van der Waals surface area (Å²) in [6, 6.07) is 21.9. The zero-order valence-electron chi connectivity index (χ0n) is 21.9. The van der Waals surface area contributed by atoms with E-state index in [9.17, 15) is 4.79 Å². The average molecular weight is 529 g/mol. The van der Waals surface area contributed by atoms with Gasteiger partial charge < -0.3 is 9.72 Å². The Bertz CT molecular complexity index is 1530. The molecular formula is C29H32N6O2S. The first-order valence-electron chi connectivity index (χ1n) is 12.9. The van der Waals surface area contributed by atoms with Gasteiger partial charge in [-0.15, -0.1) is 16.4 Å². The van der Waals surface area contributed by atoms with Crippen LogP contribution >= 0.6 is 11.3 Å². The Hall–Kier alpha value is -3.82. The normalized spacial score (nSPS) is 12.4. The van der Waals surface area contributed by atoms with Crippen LogP contribution in [0, 0.1) is 0 Å². The molecular weight excluding hydrogens is 496 g/mol. The third-order valence-corrected chi connectivity index (χ3v) is 7.40. The standard InChI is InChI=1S/C29H32N6O2S/c1-4-37-23-12-13-26-22(17-23)18-25(29(36)30-26)27(28-31-32-33-35(28)20(2)3)34(19-24-11-8-16-38-24)15-14-21-9-6-5-7-10-21/h5-13,16-18,20,27H,4,14-15,19H2,1-3H3,(H,30,36)/t27-/m1/s1. The number of thiophene rings is 1. The maximum atomic E-state index is 13.7. The van der Waals surface area contributed by atoms with Crippen LogP contribution in [0.4, 0.5) is 0 Å². The molecule has 5 rings (SSSR count). The summed E-state index contributed by atoms with van der Waals surface area (Å²) in [5.41, 5.74) is 2.45. The summed E-state index contributed by atoms with van der Waals surface area (Å²) in [5.74, 6) is 1.41. The zero-order valence-corrected chi connectivity index (χ0v) is 22.7. The highest BCUT2D eigenvalue weighted by molar-refractivity contribution is 7.09. The van der Waals surface area contributed by atoms with E-state index < -0.39 is 6.04 Å². The first kappa shape index (κ1) is 25.8. The highest BCUT2D eigenvalue weighted by atomic mass is 32.1. The summed E-state index contributed by atoms with van der Waals surface area (Å²) < 4.78 is 7.55. The van der Waals surface area contributed by atoms with Crippen LogP contribution < -0.4 is 10.3 Å². The minimum Gasteiger partial charge on any atom is -0.494 e. The second-order valence-electron chi connectivity index (χ2n) is 9.50. The maximum Gasteiger partial charge on any atom is 0.253 e. The van der Waals surface area contributed by atoms with Crippen molar-refractivity contribution in [3.05, 3.63) is 104 Å². The summed E-state index contributed by atoms with van der Waals surface area (Å²) >= 11 is 1.70. The Kier molecular flexibility index (Phi) is 7.95. The van der Waals surface area contributed by atoms with Crippen LogP contribution in [0.25, 0.3) is 10.9 Å². The molecule has 3 aromatic heterocycles. The van der Waals surface area contributed by atoms with Crippen molar-refractivity contribution >= 4 is 22.2 Å². The van der Waals surface area contributed by atoms with E-state index in [0.29, 0.717) is 31.1 Å². The van der Waals surface area contributed by atoms with E-state index in [0.717, 1.165) is 23.1 Å². The van der Waals surface area contributed by atoms with E-state index in [1.165, 1.54) is 10.4 Å². The minimum atomic E-state index is -0.456. The van der Waals surface area contributed by atoms with Crippen molar-refractivity contribution in [1.82, 2.24) is 30.1 Å². The van der Waals surface area contributed by atoms with Gasteiger partial charge >= 0.3 is 0 Å². The third-order valence-electron chi connectivity index (χ3n) is 6.54. The van der Waals surface area contributed by atoms with Gasteiger partial charge in [-0.25, -0.2) is 4.68 Å². The fourth-order valence-electron chi connectivity index (χ4n) is 4.73. The molecule has 8 nitrogen and oxygen atoms in total. The monoisotopic (exact) mass is 528 g/mol. The van der Waals surface area contributed by atoms with Crippen molar-refractivity contribution in [2.75, 3.05) is 13.2 Å². The SMILES string of the molecule is CCOc1ccc2[nH]c(=O)c([C@H](c3nnnn3C(C)C)N(CCc3ccccc3)Cc3cccs3)cc2c1. The van der Waals surface area contributed by atoms with E-state index in [1.807, 2.05) is 55.8 Å². The molecule has 0 saturated carbocycles. The van der Waals surface area contributed by atoms with Crippen LogP contribution in [0.15, 0.2) is 76.9 Å². The van der Waals surface area contributed by atoms with Crippen LogP contribution in [-0.2, 0) is 13.0 Å². The third kappa shape index (κ3) is 5.69. The topological polar surface area (TPSA) is 88.9 Å². The molecule has 0 aliphatic heterocycles. The van der Waals surface area contributed by atoms with E-state index in [2.05, 4.69) is 67.2 Å². The lowest BCUT2D eigenvalue weighted by atomic mass is 10.0. The second-order valence-corrected chi connectivity index (χ2v) is 10.5. The quantitative estimate of drug-likeness (QED) is 0.247. The second kappa shape index (κ2) is 11.7. The molecule has 0 radical (unpaired) electrons. The molecule has 5 aromatic rings. The molecule has 38 heavy (non-hydrogen) atoms. The smallest absolute Gasteiger partial charge is 0.253 e. The lowest BCUT2D eigenvalue weighted by molar-refractivity contribution is 0.205. The van der Waals surface area contributed by atoms with Gasteiger partial charge in [0, 0.05) is 34.4 Å². The fraction of sp³-hybridized carbons (Fsp3) is 0.310. The Morgan fingerprint density at radius 3 is 2.66 bits per heavy atom. The Balaban J connectivity index is 1.65. The van der Waals surface area contributed by atoms with Crippen LogP contribution in [0.2, 0.25) is 0 Å². The van der Waals surface area contributed by atoms with E-state index in [-0.39, 0.29) is 11.6 Å². The van der Waals surface area contributed by atoms with Gasteiger partial charge in [0.05, 0.1) is 12.6 Å². The molecule has 0 amide bonds. The lowest BCUT2D eigenvalue weighted by Gasteiger charge is -2.31. The average Bonchev–Trinajstić information content (AvgIpc) is 3.61. The predicted octanol–water partition coefficient (Wildman–Crippen LogP) is 5.39. The molecule has 9 heteroatoms. The molecule has 1 N–H and O–H groups in total. The number of aromatic amines is 1. The summed E-state index contributed by atoms with van der Waals surface area (Å²) in [5, 5.41) is 15.8. The number of aromatic nitrogens is 5. The lowest BCUT2D eigenvalue weighted by Crippen LogP contribution is -2.36. The Labute approximate surface area is 225 Å². The summed E-state index contributed by atoms with van der Waals surface area (Å²) in [6.07, 6.45) is 0.825. The zero-order chi connectivity index (χ0) is 26.5. The summed E-state index contributed by atoms with van der Waals surface area (Å²) in [4.78, 5) is 20.3. The molecule has 0 aliphatic rings. The first-order valence-corrected chi connectivity index (χ1v) is 13.8. The first-order chi connectivity index (χ1) is 18.5. The molecule has 0 aliphatic carbocycles. The number of nitrogens with zero attached hydrogens (tertiary/aromatic N) is 5. The summed E-state index contributed by atoms with van der Waals surface area (Å²) in [6.45, 7) is 8.00. The van der Waals surface area contributed by atoms with Crippen molar-refractivity contribution in [3.8, 4) is 5.75 Å². The van der Waals surface area contributed by atoms with E-state index in [1.54, 1.807) is 11.3 Å². The largest absolute Gasteiger partial charge is 0.494 e. The van der Waals surface area contributed by atoms with Gasteiger partial charge in [0.15, 0.2) is 5.82 Å². The van der Waals surface area contributed by atoms with Crippen LogP contribution in [0.5, 0.6) is 5.75 Å². The Morgan fingerprint density at radius 1 is 1.08 bits per heavy atom. The van der Waals surface area contributed by atoms with Crippen LogP contribution in [0.3, 0.4) is 0 Å².